The van der Waals surface area contributed by atoms with Crippen molar-refractivity contribution in [3.05, 3.63) is 35.8 Å². The molecule has 0 N–H and O–H groups in total. The van der Waals surface area contributed by atoms with E-state index in [1.807, 2.05) is 34.6 Å². The normalized spacial score (nSPS) is 35.5. The van der Waals surface area contributed by atoms with Gasteiger partial charge in [-0.15, -0.1) is 0 Å². The van der Waals surface area contributed by atoms with Gasteiger partial charge in [0.15, 0.2) is 0 Å². The van der Waals surface area contributed by atoms with Gasteiger partial charge in [-0.25, -0.2) is 4.79 Å². The predicted molar refractivity (Wildman–Crippen MR) is 114 cm³/mol. The van der Waals surface area contributed by atoms with Crippen LogP contribution in [0.1, 0.15) is 72.0 Å². The number of ether oxygens (including phenoxy) is 3. The van der Waals surface area contributed by atoms with Crippen molar-refractivity contribution in [2.75, 3.05) is 0 Å². The minimum atomic E-state index is -0.970. The topological polar surface area (TPSA) is 95.3 Å². The lowest BCUT2D eigenvalue weighted by Crippen LogP contribution is -2.55. The number of carbonyl (C=O) groups is 3. The summed E-state index contributed by atoms with van der Waals surface area (Å²) in [5, 5.41) is 0. The Labute approximate surface area is 188 Å². The molecule has 174 valence electrons. The predicted octanol–water partition coefficient (Wildman–Crippen LogP) is 4.31. The van der Waals surface area contributed by atoms with Gasteiger partial charge in [0.05, 0.1) is 30.0 Å². The van der Waals surface area contributed by atoms with Crippen LogP contribution in [0.2, 0.25) is 0 Å². The molecule has 0 spiro atoms. The van der Waals surface area contributed by atoms with Gasteiger partial charge in [-0.3, -0.25) is 9.59 Å². The van der Waals surface area contributed by atoms with Crippen molar-refractivity contribution in [3.8, 4) is 0 Å². The maximum atomic E-state index is 13.2. The quantitative estimate of drug-likeness (QED) is 0.351. The fourth-order valence-electron chi connectivity index (χ4n) is 5.39. The molecule has 7 atom stereocenters. The average molecular weight is 445 g/mol. The van der Waals surface area contributed by atoms with Gasteiger partial charge in [-0.1, -0.05) is 12.5 Å². The summed E-state index contributed by atoms with van der Waals surface area (Å²) in [7, 11) is 0. The van der Waals surface area contributed by atoms with Crippen molar-refractivity contribution < 1.29 is 33.0 Å². The molecule has 3 fully saturated rings. The van der Waals surface area contributed by atoms with Gasteiger partial charge in [0.2, 0.25) is 0 Å². The molecule has 1 aromatic heterocycles. The molecule has 0 aromatic carbocycles. The summed E-state index contributed by atoms with van der Waals surface area (Å²) in [5.74, 6) is -1.22. The first-order valence-corrected chi connectivity index (χ1v) is 11.4. The number of hydrogen-bond donors (Lipinski definition) is 0. The number of hydrogen-bond acceptors (Lipinski definition) is 7. The van der Waals surface area contributed by atoms with Crippen molar-refractivity contribution in [2.24, 2.45) is 17.3 Å². The van der Waals surface area contributed by atoms with Crippen molar-refractivity contribution >= 4 is 17.7 Å². The van der Waals surface area contributed by atoms with E-state index in [1.165, 1.54) is 6.08 Å². The van der Waals surface area contributed by atoms with Gasteiger partial charge >= 0.3 is 11.9 Å². The van der Waals surface area contributed by atoms with Crippen molar-refractivity contribution in [3.63, 3.8) is 0 Å². The molecule has 0 bridgehead atoms. The number of rotatable bonds is 7. The zero-order chi connectivity index (χ0) is 23.3. The summed E-state index contributed by atoms with van der Waals surface area (Å²) >= 11 is 0. The molecule has 4 rings (SSSR count). The molecule has 2 saturated heterocycles. The molecular weight excluding hydrogens is 412 g/mol. The Balaban J connectivity index is 1.56. The van der Waals surface area contributed by atoms with Gasteiger partial charge in [0.25, 0.3) is 0 Å². The monoisotopic (exact) mass is 444 g/mol. The van der Waals surface area contributed by atoms with Gasteiger partial charge < -0.3 is 18.6 Å². The Hall–Kier alpha value is -2.41. The molecule has 1 aromatic rings. The van der Waals surface area contributed by atoms with Gasteiger partial charge in [-0.05, 0) is 52.5 Å². The third kappa shape index (κ3) is 3.81. The summed E-state index contributed by atoms with van der Waals surface area (Å²) in [6.07, 6.45) is 5.50. The van der Waals surface area contributed by atoms with E-state index in [0.717, 1.165) is 11.1 Å². The van der Waals surface area contributed by atoms with Crippen LogP contribution < -0.4 is 0 Å². The van der Waals surface area contributed by atoms with E-state index < -0.39 is 23.1 Å². The Bertz CT molecular complexity index is 928. The molecule has 0 radical (unpaired) electrons. The number of esters is 2. The van der Waals surface area contributed by atoms with Crippen molar-refractivity contribution in [2.45, 2.75) is 84.2 Å². The van der Waals surface area contributed by atoms with Crippen LogP contribution >= 0.6 is 0 Å². The van der Waals surface area contributed by atoms with E-state index in [1.54, 1.807) is 18.6 Å². The summed E-state index contributed by atoms with van der Waals surface area (Å²) in [6, 6.07) is 1.79. The standard InChI is InChI=1S/C25H32O7/c1-14(2)10-22(27)31-21(24(4)19(26)6-7-20-25(24,5)32-20)11-15(3)17-12-18(30-23(17)28)16-8-9-29-13-16/h8-10,13,15,17-18,20-21H,6-7,11-12H2,1-5H3/t15-,17-,18-,20-,21-,24-,25-/m1/s1. The second-order valence-corrected chi connectivity index (χ2v) is 10.1. The van der Waals surface area contributed by atoms with Crippen LogP contribution in [0.3, 0.4) is 0 Å². The number of fused-ring (bicyclic) bond motifs is 1. The number of carbonyl (C=O) groups excluding carboxylic acids is 3. The molecule has 3 heterocycles. The number of epoxide rings is 1. The van der Waals surface area contributed by atoms with E-state index >= 15 is 0 Å². The lowest BCUT2D eigenvalue weighted by atomic mass is 9.62. The highest BCUT2D eigenvalue weighted by Gasteiger charge is 2.72. The molecule has 1 saturated carbocycles. The Morgan fingerprint density at radius 1 is 1.31 bits per heavy atom. The number of ketones is 1. The first-order valence-electron chi connectivity index (χ1n) is 11.4. The van der Waals surface area contributed by atoms with Crippen LogP contribution in [0.25, 0.3) is 0 Å². The molecular formula is C25H32O7. The molecule has 7 nitrogen and oxygen atoms in total. The highest BCUT2D eigenvalue weighted by Crippen LogP contribution is 2.59. The molecule has 2 aliphatic heterocycles. The summed E-state index contributed by atoms with van der Waals surface area (Å²) in [5.41, 5.74) is 0.0155. The fourth-order valence-corrected chi connectivity index (χ4v) is 5.39. The van der Waals surface area contributed by atoms with Crippen LogP contribution in [0.15, 0.2) is 34.7 Å². The Kier molecular flexibility index (Phi) is 5.82. The summed E-state index contributed by atoms with van der Waals surface area (Å²) < 4.78 is 22.6. The second-order valence-electron chi connectivity index (χ2n) is 10.1. The van der Waals surface area contributed by atoms with Crippen LogP contribution in [0.4, 0.5) is 0 Å². The number of cyclic esters (lactones) is 1. The lowest BCUT2D eigenvalue weighted by Gasteiger charge is -2.42. The third-order valence-electron chi connectivity index (χ3n) is 7.71. The molecule has 3 aliphatic rings. The SMILES string of the molecule is CC(C)=CC(=O)O[C@H](C[C@@H](C)[C@H]1C[C@H](c2ccoc2)OC1=O)[C@@]1(C)C(=O)CC[C@H]2O[C@]21C. The van der Waals surface area contributed by atoms with Crippen LogP contribution in [0.5, 0.6) is 0 Å². The average Bonchev–Trinajstić information content (AvgIpc) is 3.08. The maximum Gasteiger partial charge on any atom is 0.330 e. The summed E-state index contributed by atoms with van der Waals surface area (Å²) in [4.78, 5) is 38.5. The maximum absolute atomic E-state index is 13.2. The minimum Gasteiger partial charge on any atom is -0.472 e. The Morgan fingerprint density at radius 2 is 2.06 bits per heavy atom. The van der Waals surface area contributed by atoms with Crippen LogP contribution in [0, 0.1) is 17.3 Å². The Morgan fingerprint density at radius 3 is 2.72 bits per heavy atom. The highest BCUT2D eigenvalue weighted by atomic mass is 16.6. The van der Waals surface area contributed by atoms with Crippen LogP contribution in [-0.4, -0.2) is 35.5 Å². The first kappa shape index (κ1) is 22.8. The molecule has 0 unspecified atom stereocenters. The van der Waals surface area contributed by atoms with Gasteiger partial charge in [0, 0.05) is 24.5 Å². The zero-order valence-corrected chi connectivity index (χ0v) is 19.4. The molecule has 1 aliphatic carbocycles. The fraction of sp³-hybridized carbons (Fsp3) is 0.640. The number of allylic oxidation sites excluding steroid dienone is 1. The summed E-state index contributed by atoms with van der Waals surface area (Å²) in [6.45, 7) is 9.37. The van der Waals surface area contributed by atoms with E-state index in [4.69, 9.17) is 18.6 Å². The minimum absolute atomic E-state index is 0.00733. The second kappa shape index (κ2) is 8.18. The molecule has 0 amide bonds. The third-order valence-corrected chi connectivity index (χ3v) is 7.71. The lowest BCUT2D eigenvalue weighted by molar-refractivity contribution is -0.162. The van der Waals surface area contributed by atoms with E-state index in [0.29, 0.717) is 25.7 Å². The van der Waals surface area contributed by atoms with E-state index in [2.05, 4.69) is 0 Å². The zero-order valence-electron chi connectivity index (χ0n) is 19.4. The van der Waals surface area contributed by atoms with Crippen molar-refractivity contribution in [1.82, 2.24) is 0 Å². The molecule has 32 heavy (non-hydrogen) atoms. The van der Waals surface area contributed by atoms with E-state index in [-0.39, 0.29) is 35.8 Å². The number of Topliss-reactive ketones (excluding diaryl/α,β-unsaturated/α-hetero) is 1. The highest BCUT2D eigenvalue weighted by molar-refractivity contribution is 5.89. The molecule has 7 heteroatoms. The number of furan rings is 1. The largest absolute Gasteiger partial charge is 0.472 e. The van der Waals surface area contributed by atoms with Gasteiger partial charge in [0.1, 0.15) is 23.6 Å². The van der Waals surface area contributed by atoms with Crippen molar-refractivity contribution in [1.29, 1.82) is 0 Å². The van der Waals surface area contributed by atoms with Crippen LogP contribution in [-0.2, 0) is 28.6 Å². The first-order chi connectivity index (χ1) is 15.1. The smallest absolute Gasteiger partial charge is 0.330 e. The van der Waals surface area contributed by atoms with Gasteiger partial charge in [-0.2, -0.15) is 0 Å². The van der Waals surface area contributed by atoms with E-state index in [9.17, 15) is 14.4 Å².